The summed E-state index contributed by atoms with van der Waals surface area (Å²) in [5.41, 5.74) is 0. The van der Waals surface area contributed by atoms with Gasteiger partial charge < -0.3 is 5.11 Å². The molecule has 2 N–H and O–H groups in total. The third-order valence-electron chi connectivity index (χ3n) is 2.31. The first kappa shape index (κ1) is 10.3. The molecule has 1 aromatic rings. The van der Waals surface area contributed by atoms with Crippen LogP contribution in [0, 0.1) is 0 Å². The van der Waals surface area contributed by atoms with Gasteiger partial charge in [-0.2, -0.15) is 0 Å². The average molecular weight is 224 g/mol. The first-order valence-electron chi connectivity index (χ1n) is 4.56. The predicted octanol–water partition coefficient (Wildman–Crippen LogP) is -1.05. The number of amides is 2. The number of hydrogen-bond acceptors (Lipinski definition) is 5. The van der Waals surface area contributed by atoms with Crippen molar-refractivity contribution < 1.29 is 19.5 Å². The lowest BCUT2D eigenvalue weighted by Crippen LogP contribution is -2.42. The standard InChI is InChI=1S/C8H8N4O4/c13-5-2-1-4(7(14)10-5)12-3-9-11-6(12)8(15)16/h3-4H,1-2H2,(H,15,16)(H,10,13,14). The van der Waals surface area contributed by atoms with Gasteiger partial charge in [0.15, 0.2) is 0 Å². The number of aromatic nitrogens is 3. The molecule has 1 atom stereocenters. The summed E-state index contributed by atoms with van der Waals surface area (Å²) in [7, 11) is 0. The van der Waals surface area contributed by atoms with Gasteiger partial charge in [0.1, 0.15) is 12.4 Å². The van der Waals surface area contributed by atoms with Crippen LogP contribution in [0.15, 0.2) is 6.33 Å². The molecule has 16 heavy (non-hydrogen) atoms. The fourth-order valence-electron chi connectivity index (χ4n) is 1.57. The van der Waals surface area contributed by atoms with E-state index in [0.29, 0.717) is 0 Å². The highest BCUT2D eigenvalue weighted by Crippen LogP contribution is 2.19. The number of piperidine rings is 1. The minimum absolute atomic E-state index is 0.174. The first-order chi connectivity index (χ1) is 7.59. The lowest BCUT2D eigenvalue weighted by atomic mass is 10.1. The summed E-state index contributed by atoms with van der Waals surface area (Å²) < 4.78 is 1.16. The van der Waals surface area contributed by atoms with Crippen molar-refractivity contribution in [2.45, 2.75) is 18.9 Å². The molecule has 84 valence electrons. The van der Waals surface area contributed by atoms with E-state index in [1.165, 1.54) is 6.33 Å². The molecule has 2 amide bonds. The summed E-state index contributed by atoms with van der Waals surface area (Å²) in [4.78, 5) is 33.2. The van der Waals surface area contributed by atoms with E-state index in [-0.39, 0.29) is 24.6 Å². The van der Waals surface area contributed by atoms with Crippen LogP contribution in [-0.4, -0.2) is 37.7 Å². The largest absolute Gasteiger partial charge is 0.475 e. The van der Waals surface area contributed by atoms with Gasteiger partial charge >= 0.3 is 5.97 Å². The fourth-order valence-corrected chi connectivity index (χ4v) is 1.57. The first-order valence-corrected chi connectivity index (χ1v) is 4.56. The summed E-state index contributed by atoms with van der Waals surface area (Å²) in [6.07, 6.45) is 1.60. The lowest BCUT2D eigenvalue weighted by molar-refractivity contribution is -0.135. The van der Waals surface area contributed by atoms with Gasteiger partial charge in [0, 0.05) is 6.42 Å². The molecule has 8 heteroatoms. The number of carbonyl (C=O) groups is 3. The maximum atomic E-state index is 11.5. The number of aromatic carboxylic acids is 1. The molecule has 1 unspecified atom stereocenters. The number of imide groups is 1. The molecule has 1 saturated heterocycles. The summed E-state index contributed by atoms with van der Waals surface area (Å²) in [5, 5.41) is 17.8. The Balaban J connectivity index is 2.30. The predicted molar refractivity (Wildman–Crippen MR) is 48.4 cm³/mol. The zero-order valence-corrected chi connectivity index (χ0v) is 8.08. The second-order valence-electron chi connectivity index (χ2n) is 3.33. The van der Waals surface area contributed by atoms with E-state index < -0.39 is 17.9 Å². The van der Waals surface area contributed by atoms with Crippen LogP contribution in [0.2, 0.25) is 0 Å². The van der Waals surface area contributed by atoms with Crippen molar-refractivity contribution in [3.05, 3.63) is 12.2 Å². The van der Waals surface area contributed by atoms with Crippen LogP contribution < -0.4 is 5.32 Å². The summed E-state index contributed by atoms with van der Waals surface area (Å²) in [5.74, 6) is -2.46. The highest BCUT2D eigenvalue weighted by molar-refractivity contribution is 5.99. The van der Waals surface area contributed by atoms with Gasteiger partial charge in [0.25, 0.3) is 0 Å². The van der Waals surface area contributed by atoms with Crippen molar-refractivity contribution in [2.24, 2.45) is 0 Å². The molecular formula is C8H8N4O4. The molecule has 0 radical (unpaired) electrons. The minimum Gasteiger partial charge on any atom is -0.475 e. The highest BCUT2D eigenvalue weighted by Gasteiger charge is 2.31. The SMILES string of the molecule is O=C1CCC(n2cnnc2C(=O)O)C(=O)N1. The van der Waals surface area contributed by atoms with Crippen LogP contribution in [0.3, 0.4) is 0 Å². The van der Waals surface area contributed by atoms with Gasteiger partial charge in [-0.05, 0) is 6.42 Å². The number of nitrogens with zero attached hydrogens (tertiary/aromatic N) is 3. The van der Waals surface area contributed by atoms with Crippen molar-refractivity contribution in [3.63, 3.8) is 0 Å². The molecule has 1 aliphatic heterocycles. The Morgan fingerprint density at radius 3 is 2.94 bits per heavy atom. The Hall–Kier alpha value is -2.25. The second kappa shape index (κ2) is 3.72. The molecule has 0 aromatic carbocycles. The zero-order valence-electron chi connectivity index (χ0n) is 8.08. The van der Waals surface area contributed by atoms with E-state index in [9.17, 15) is 14.4 Å². The minimum atomic E-state index is -1.26. The monoisotopic (exact) mass is 224 g/mol. The van der Waals surface area contributed by atoms with Crippen molar-refractivity contribution >= 4 is 17.8 Å². The van der Waals surface area contributed by atoms with E-state index in [1.807, 2.05) is 0 Å². The van der Waals surface area contributed by atoms with E-state index in [1.54, 1.807) is 0 Å². The molecular weight excluding hydrogens is 216 g/mol. The van der Waals surface area contributed by atoms with Gasteiger partial charge in [0.2, 0.25) is 17.6 Å². The van der Waals surface area contributed by atoms with Crippen molar-refractivity contribution in [2.75, 3.05) is 0 Å². The molecule has 0 saturated carbocycles. The highest BCUT2D eigenvalue weighted by atomic mass is 16.4. The Morgan fingerprint density at radius 2 is 2.31 bits per heavy atom. The topological polar surface area (TPSA) is 114 Å². The Kier molecular flexibility index (Phi) is 2.39. The zero-order chi connectivity index (χ0) is 11.7. The smallest absolute Gasteiger partial charge is 0.374 e. The molecule has 8 nitrogen and oxygen atoms in total. The molecule has 2 rings (SSSR count). The molecule has 2 heterocycles. The van der Waals surface area contributed by atoms with E-state index in [4.69, 9.17) is 5.11 Å². The maximum absolute atomic E-state index is 11.5. The number of carboxylic acids is 1. The number of rotatable bonds is 2. The van der Waals surface area contributed by atoms with Crippen LogP contribution in [0.5, 0.6) is 0 Å². The van der Waals surface area contributed by atoms with E-state index in [2.05, 4.69) is 15.5 Å². The third-order valence-corrected chi connectivity index (χ3v) is 2.31. The number of carboxylic acid groups (broad SMARTS) is 1. The Bertz CT molecular complexity index is 466. The normalized spacial score (nSPS) is 20.6. The van der Waals surface area contributed by atoms with Gasteiger partial charge in [0.05, 0.1) is 0 Å². The molecule has 1 fully saturated rings. The van der Waals surface area contributed by atoms with Gasteiger partial charge in [-0.15, -0.1) is 10.2 Å². The quantitative estimate of drug-likeness (QED) is 0.620. The van der Waals surface area contributed by atoms with Crippen molar-refractivity contribution in [1.82, 2.24) is 20.1 Å². The van der Waals surface area contributed by atoms with E-state index >= 15 is 0 Å². The van der Waals surface area contributed by atoms with Crippen LogP contribution in [0.25, 0.3) is 0 Å². The molecule has 1 aliphatic rings. The van der Waals surface area contributed by atoms with Crippen molar-refractivity contribution in [3.8, 4) is 0 Å². The summed E-state index contributed by atoms with van der Waals surface area (Å²) in [6, 6.07) is -0.737. The maximum Gasteiger partial charge on any atom is 0.374 e. The summed E-state index contributed by atoms with van der Waals surface area (Å²) >= 11 is 0. The molecule has 0 spiro atoms. The fraction of sp³-hybridized carbons (Fsp3) is 0.375. The number of hydrogen-bond donors (Lipinski definition) is 2. The number of carbonyl (C=O) groups excluding carboxylic acids is 2. The van der Waals surface area contributed by atoms with Crippen LogP contribution in [0.4, 0.5) is 0 Å². The lowest BCUT2D eigenvalue weighted by Gasteiger charge is -2.21. The van der Waals surface area contributed by atoms with Gasteiger partial charge in [-0.1, -0.05) is 0 Å². The molecule has 1 aromatic heterocycles. The van der Waals surface area contributed by atoms with Crippen LogP contribution >= 0.6 is 0 Å². The second-order valence-corrected chi connectivity index (χ2v) is 3.33. The van der Waals surface area contributed by atoms with E-state index in [0.717, 1.165) is 4.57 Å². The van der Waals surface area contributed by atoms with Crippen LogP contribution in [-0.2, 0) is 9.59 Å². The van der Waals surface area contributed by atoms with Gasteiger partial charge in [-0.3, -0.25) is 19.5 Å². The Morgan fingerprint density at radius 1 is 1.56 bits per heavy atom. The third kappa shape index (κ3) is 1.64. The average Bonchev–Trinajstić information content (AvgIpc) is 2.66. The summed E-state index contributed by atoms with van der Waals surface area (Å²) in [6.45, 7) is 0. The van der Waals surface area contributed by atoms with Crippen LogP contribution in [0.1, 0.15) is 29.5 Å². The number of nitrogens with one attached hydrogen (secondary N) is 1. The van der Waals surface area contributed by atoms with Crippen molar-refractivity contribution in [1.29, 1.82) is 0 Å². The molecule has 0 bridgehead atoms. The van der Waals surface area contributed by atoms with Gasteiger partial charge in [-0.25, -0.2) is 4.79 Å². The molecule has 0 aliphatic carbocycles. The Labute approximate surface area is 89.3 Å².